The first-order valence-corrected chi connectivity index (χ1v) is 5.94. The average Bonchev–Trinajstić information content (AvgIpc) is 2.85. The monoisotopic (exact) mass is 221 g/mol. The minimum Gasteiger partial charge on any atom is -0.488 e. The number of nitrogen functional groups attached to an aromatic ring is 1. The van der Waals surface area contributed by atoms with Gasteiger partial charge in [0.25, 0.3) is 0 Å². The second-order valence-electron chi connectivity index (χ2n) is 5.01. The molecule has 3 rings (SSSR count). The summed E-state index contributed by atoms with van der Waals surface area (Å²) < 4.78 is 18.9. The molecule has 0 amide bonds. The second kappa shape index (κ2) is 3.65. The highest BCUT2D eigenvalue weighted by Crippen LogP contribution is 2.46. The van der Waals surface area contributed by atoms with Crippen LogP contribution in [-0.4, -0.2) is 6.10 Å². The highest BCUT2D eigenvalue weighted by Gasteiger charge is 2.41. The van der Waals surface area contributed by atoms with Crippen molar-refractivity contribution in [3.8, 4) is 5.75 Å². The van der Waals surface area contributed by atoms with Crippen LogP contribution in [0.15, 0.2) is 18.2 Å². The fourth-order valence-electron chi connectivity index (χ4n) is 3.10. The van der Waals surface area contributed by atoms with E-state index >= 15 is 0 Å². The van der Waals surface area contributed by atoms with E-state index in [1.54, 1.807) is 6.07 Å². The third-order valence-corrected chi connectivity index (χ3v) is 3.93. The molecule has 3 atom stereocenters. The van der Waals surface area contributed by atoms with Crippen LogP contribution in [0.3, 0.4) is 0 Å². The normalized spacial score (nSPS) is 31.9. The molecule has 2 aliphatic carbocycles. The molecule has 2 bridgehead atoms. The Kier molecular flexibility index (Phi) is 2.27. The molecule has 2 saturated carbocycles. The molecule has 0 saturated heterocycles. The fourth-order valence-corrected chi connectivity index (χ4v) is 3.10. The van der Waals surface area contributed by atoms with Crippen LogP contribution in [0.4, 0.5) is 10.1 Å². The summed E-state index contributed by atoms with van der Waals surface area (Å²) in [5.74, 6) is 1.71. The Bertz CT molecular complexity index is 407. The molecule has 2 nitrogen and oxygen atoms in total. The zero-order valence-electron chi connectivity index (χ0n) is 9.16. The van der Waals surface area contributed by atoms with Gasteiger partial charge in [-0.1, -0.05) is 0 Å². The standard InChI is InChI=1S/C13H16FNO/c14-10-3-4-11(15)13(7-10)16-12-6-8-1-2-9(12)5-8/h3-4,7-9,12H,1-2,5-6,15H2. The van der Waals surface area contributed by atoms with Crippen molar-refractivity contribution in [2.24, 2.45) is 11.8 Å². The molecule has 2 fully saturated rings. The number of anilines is 1. The van der Waals surface area contributed by atoms with E-state index < -0.39 is 0 Å². The van der Waals surface area contributed by atoms with Gasteiger partial charge in [0.05, 0.1) is 5.69 Å². The van der Waals surface area contributed by atoms with Crippen LogP contribution >= 0.6 is 0 Å². The first-order valence-electron chi connectivity index (χ1n) is 5.94. The van der Waals surface area contributed by atoms with E-state index in [0.717, 1.165) is 12.3 Å². The van der Waals surface area contributed by atoms with E-state index in [9.17, 15) is 4.39 Å². The SMILES string of the molecule is Nc1ccc(F)cc1OC1CC2CCC1C2. The van der Waals surface area contributed by atoms with Gasteiger partial charge in [0.2, 0.25) is 0 Å². The van der Waals surface area contributed by atoms with Gasteiger partial charge >= 0.3 is 0 Å². The summed E-state index contributed by atoms with van der Waals surface area (Å²) in [7, 11) is 0. The molecule has 0 aliphatic heterocycles. The maximum absolute atomic E-state index is 13.1. The number of ether oxygens (including phenoxy) is 1. The molecular weight excluding hydrogens is 205 g/mol. The molecule has 16 heavy (non-hydrogen) atoms. The topological polar surface area (TPSA) is 35.2 Å². The third-order valence-electron chi connectivity index (χ3n) is 3.93. The minimum absolute atomic E-state index is 0.253. The number of hydrogen-bond donors (Lipinski definition) is 1. The predicted octanol–water partition coefficient (Wildman–Crippen LogP) is 2.98. The Hall–Kier alpha value is -1.25. The molecule has 2 N–H and O–H groups in total. The van der Waals surface area contributed by atoms with Crippen molar-refractivity contribution in [3.05, 3.63) is 24.0 Å². The number of halogens is 1. The summed E-state index contributed by atoms with van der Waals surface area (Å²) >= 11 is 0. The Morgan fingerprint density at radius 3 is 2.81 bits per heavy atom. The Morgan fingerprint density at radius 1 is 1.25 bits per heavy atom. The molecule has 2 aliphatic rings. The molecule has 86 valence electrons. The van der Waals surface area contributed by atoms with Gasteiger partial charge in [-0.15, -0.1) is 0 Å². The van der Waals surface area contributed by atoms with Crippen LogP contribution < -0.4 is 10.5 Å². The summed E-state index contributed by atoms with van der Waals surface area (Å²) in [5.41, 5.74) is 6.31. The fraction of sp³-hybridized carbons (Fsp3) is 0.538. The summed E-state index contributed by atoms with van der Waals surface area (Å²) in [6.07, 6.45) is 5.23. The molecule has 1 aromatic carbocycles. The maximum atomic E-state index is 13.1. The van der Waals surface area contributed by atoms with Crippen LogP contribution in [0.1, 0.15) is 25.7 Å². The Balaban J connectivity index is 1.76. The van der Waals surface area contributed by atoms with Crippen LogP contribution in [0, 0.1) is 17.7 Å². The molecule has 3 unspecified atom stereocenters. The van der Waals surface area contributed by atoms with Gasteiger partial charge in [-0.05, 0) is 49.7 Å². The smallest absolute Gasteiger partial charge is 0.145 e. The zero-order chi connectivity index (χ0) is 11.1. The van der Waals surface area contributed by atoms with Crippen LogP contribution in [-0.2, 0) is 0 Å². The lowest BCUT2D eigenvalue weighted by Gasteiger charge is -2.23. The van der Waals surface area contributed by atoms with Crippen molar-refractivity contribution < 1.29 is 9.13 Å². The van der Waals surface area contributed by atoms with E-state index in [1.165, 1.54) is 31.4 Å². The zero-order valence-corrected chi connectivity index (χ0v) is 9.16. The number of nitrogens with two attached hydrogens (primary N) is 1. The number of fused-ring (bicyclic) bond motifs is 2. The molecule has 1 aromatic rings. The number of rotatable bonds is 2. The first kappa shape index (κ1) is 9.94. The molecule has 0 radical (unpaired) electrons. The van der Waals surface area contributed by atoms with E-state index in [2.05, 4.69) is 0 Å². The lowest BCUT2D eigenvalue weighted by atomic mass is 9.98. The largest absolute Gasteiger partial charge is 0.488 e. The first-order chi connectivity index (χ1) is 7.72. The van der Waals surface area contributed by atoms with E-state index in [4.69, 9.17) is 10.5 Å². The predicted molar refractivity (Wildman–Crippen MR) is 60.7 cm³/mol. The van der Waals surface area contributed by atoms with Crippen molar-refractivity contribution in [1.29, 1.82) is 0 Å². The number of benzene rings is 1. The van der Waals surface area contributed by atoms with E-state index in [0.29, 0.717) is 17.4 Å². The van der Waals surface area contributed by atoms with Crippen molar-refractivity contribution in [2.45, 2.75) is 31.8 Å². The summed E-state index contributed by atoms with van der Waals surface area (Å²) in [6, 6.07) is 4.32. The lowest BCUT2D eigenvalue weighted by Crippen LogP contribution is -2.23. The van der Waals surface area contributed by atoms with Gasteiger partial charge in [-0.3, -0.25) is 0 Å². The van der Waals surface area contributed by atoms with Gasteiger partial charge in [0.15, 0.2) is 0 Å². The van der Waals surface area contributed by atoms with Crippen molar-refractivity contribution in [1.82, 2.24) is 0 Å². The van der Waals surface area contributed by atoms with E-state index in [1.807, 2.05) is 0 Å². The van der Waals surface area contributed by atoms with Gasteiger partial charge < -0.3 is 10.5 Å². The summed E-state index contributed by atoms with van der Waals surface area (Å²) in [6.45, 7) is 0. The van der Waals surface area contributed by atoms with E-state index in [-0.39, 0.29) is 11.9 Å². The van der Waals surface area contributed by atoms with Crippen molar-refractivity contribution in [2.75, 3.05) is 5.73 Å². The molecule has 3 heteroatoms. The summed E-state index contributed by atoms with van der Waals surface area (Å²) in [4.78, 5) is 0. The maximum Gasteiger partial charge on any atom is 0.145 e. The molecule has 0 spiro atoms. The molecule has 0 aromatic heterocycles. The quantitative estimate of drug-likeness (QED) is 0.779. The number of hydrogen-bond acceptors (Lipinski definition) is 2. The molecular formula is C13H16FNO. The Labute approximate surface area is 94.6 Å². The van der Waals surface area contributed by atoms with Crippen LogP contribution in [0.25, 0.3) is 0 Å². The van der Waals surface area contributed by atoms with Gasteiger partial charge in [-0.2, -0.15) is 0 Å². The van der Waals surface area contributed by atoms with Gasteiger partial charge in [-0.25, -0.2) is 4.39 Å². The van der Waals surface area contributed by atoms with Crippen molar-refractivity contribution >= 4 is 5.69 Å². The highest BCUT2D eigenvalue weighted by atomic mass is 19.1. The van der Waals surface area contributed by atoms with Crippen LogP contribution in [0.2, 0.25) is 0 Å². The van der Waals surface area contributed by atoms with Crippen molar-refractivity contribution in [3.63, 3.8) is 0 Å². The van der Waals surface area contributed by atoms with Crippen LogP contribution in [0.5, 0.6) is 5.75 Å². The molecule has 0 heterocycles. The highest BCUT2D eigenvalue weighted by molar-refractivity contribution is 5.52. The van der Waals surface area contributed by atoms with Gasteiger partial charge in [0.1, 0.15) is 17.7 Å². The second-order valence-corrected chi connectivity index (χ2v) is 5.01. The third kappa shape index (κ3) is 1.64. The summed E-state index contributed by atoms with van der Waals surface area (Å²) in [5, 5.41) is 0. The minimum atomic E-state index is -0.285. The van der Waals surface area contributed by atoms with Gasteiger partial charge in [0, 0.05) is 6.07 Å². The Morgan fingerprint density at radius 2 is 2.12 bits per heavy atom. The average molecular weight is 221 g/mol. The lowest BCUT2D eigenvalue weighted by molar-refractivity contribution is 0.139.